The molecule has 4 nitrogen and oxygen atoms in total. The molecule has 0 bridgehead atoms. The van der Waals surface area contributed by atoms with E-state index in [0.717, 1.165) is 11.1 Å². The summed E-state index contributed by atoms with van der Waals surface area (Å²) in [5.74, 6) is -0.455. The van der Waals surface area contributed by atoms with Gasteiger partial charge in [-0.15, -0.1) is 11.3 Å². The van der Waals surface area contributed by atoms with Crippen LogP contribution >= 0.6 is 11.3 Å². The predicted molar refractivity (Wildman–Crippen MR) is 65.2 cm³/mol. The molecule has 0 aliphatic carbocycles. The molecule has 1 aromatic heterocycles. The highest BCUT2D eigenvalue weighted by molar-refractivity contribution is 7.92. The molecule has 16 heavy (non-hydrogen) atoms. The summed E-state index contributed by atoms with van der Waals surface area (Å²) < 4.78 is 22.4. The fraction of sp³-hybridized carbons (Fsp3) is 0.500. The molecule has 0 fully saturated rings. The minimum absolute atomic E-state index is 0.156. The van der Waals surface area contributed by atoms with Crippen molar-refractivity contribution in [1.82, 2.24) is 5.32 Å². The van der Waals surface area contributed by atoms with E-state index in [-0.39, 0.29) is 6.04 Å². The Morgan fingerprint density at radius 1 is 1.44 bits per heavy atom. The van der Waals surface area contributed by atoms with E-state index in [4.69, 9.17) is 0 Å². The van der Waals surface area contributed by atoms with E-state index in [9.17, 15) is 13.2 Å². The van der Waals surface area contributed by atoms with E-state index in [1.807, 2.05) is 24.4 Å². The molecule has 6 heteroatoms. The molecule has 1 rings (SSSR count). The van der Waals surface area contributed by atoms with Gasteiger partial charge in [0, 0.05) is 11.1 Å². The highest BCUT2D eigenvalue weighted by Crippen LogP contribution is 2.18. The van der Waals surface area contributed by atoms with E-state index in [0.29, 0.717) is 0 Å². The largest absolute Gasteiger partial charge is 0.348 e. The highest BCUT2D eigenvalue weighted by atomic mass is 32.2. The van der Waals surface area contributed by atoms with Crippen LogP contribution in [0.2, 0.25) is 0 Å². The van der Waals surface area contributed by atoms with Gasteiger partial charge in [0.15, 0.2) is 9.84 Å². The van der Waals surface area contributed by atoms with E-state index in [1.165, 1.54) is 18.3 Å². The summed E-state index contributed by atoms with van der Waals surface area (Å²) in [6.45, 7) is 3.23. The molecule has 0 saturated carbocycles. The lowest BCUT2D eigenvalue weighted by Gasteiger charge is -2.15. The molecule has 0 saturated heterocycles. The first kappa shape index (κ1) is 13.2. The molecular formula is C10H15NO3S2. The van der Waals surface area contributed by atoms with Crippen LogP contribution in [0.3, 0.4) is 0 Å². The number of amides is 1. The van der Waals surface area contributed by atoms with Gasteiger partial charge < -0.3 is 5.32 Å². The molecule has 1 heterocycles. The molecule has 0 aliphatic rings. The lowest BCUT2D eigenvalue weighted by atomic mass is 10.2. The van der Waals surface area contributed by atoms with E-state index in [2.05, 4.69) is 5.32 Å². The Kier molecular flexibility index (Phi) is 4.09. The van der Waals surface area contributed by atoms with Crippen molar-refractivity contribution in [3.05, 3.63) is 22.4 Å². The maximum atomic E-state index is 11.6. The van der Waals surface area contributed by atoms with Crippen LogP contribution in [0.15, 0.2) is 17.5 Å². The van der Waals surface area contributed by atoms with Gasteiger partial charge in [-0.3, -0.25) is 4.79 Å². The molecule has 2 atom stereocenters. The maximum absolute atomic E-state index is 11.6. The predicted octanol–water partition coefficient (Wildman–Crippen LogP) is 1.36. The third-order valence-electron chi connectivity index (χ3n) is 2.34. The Morgan fingerprint density at radius 2 is 2.06 bits per heavy atom. The smallest absolute Gasteiger partial charge is 0.238 e. The van der Waals surface area contributed by atoms with Crippen molar-refractivity contribution >= 4 is 27.1 Å². The van der Waals surface area contributed by atoms with Crippen molar-refractivity contribution < 1.29 is 13.2 Å². The van der Waals surface area contributed by atoms with Crippen LogP contribution in [0.5, 0.6) is 0 Å². The first-order valence-electron chi connectivity index (χ1n) is 4.85. The first-order chi connectivity index (χ1) is 7.32. The lowest BCUT2D eigenvalue weighted by molar-refractivity contribution is -0.121. The summed E-state index contributed by atoms with van der Waals surface area (Å²) in [5, 5.41) is 3.59. The van der Waals surface area contributed by atoms with Gasteiger partial charge in [-0.25, -0.2) is 8.42 Å². The summed E-state index contributed by atoms with van der Waals surface area (Å²) >= 11 is 1.53. The monoisotopic (exact) mass is 261 g/mol. The van der Waals surface area contributed by atoms with Crippen LogP contribution in [0.25, 0.3) is 0 Å². The Morgan fingerprint density at radius 3 is 2.50 bits per heavy atom. The third-order valence-corrected chi connectivity index (χ3v) is 4.89. The Bertz CT molecular complexity index is 450. The second-order valence-corrected chi connectivity index (χ2v) is 7.06. The summed E-state index contributed by atoms with van der Waals surface area (Å²) in [4.78, 5) is 12.6. The normalized spacial score (nSPS) is 15.4. The number of carbonyl (C=O) groups excluding carboxylic acids is 1. The van der Waals surface area contributed by atoms with Crippen molar-refractivity contribution in [3.63, 3.8) is 0 Å². The number of hydrogen-bond donors (Lipinski definition) is 1. The van der Waals surface area contributed by atoms with Gasteiger partial charge in [-0.1, -0.05) is 6.07 Å². The molecule has 1 aromatic rings. The van der Waals surface area contributed by atoms with Gasteiger partial charge in [0.05, 0.1) is 6.04 Å². The average molecular weight is 261 g/mol. The maximum Gasteiger partial charge on any atom is 0.238 e. The van der Waals surface area contributed by atoms with E-state index < -0.39 is 21.0 Å². The Balaban J connectivity index is 2.66. The van der Waals surface area contributed by atoms with Crippen molar-refractivity contribution in [2.45, 2.75) is 25.1 Å². The van der Waals surface area contributed by atoms with E-state index >= 15 is 0 Å². The molecule has 0 unspecified atom stereocenters. The van der Waals surface area contributed by atoms with Crippen LogP contribution in [-0.2, 0) is 14.6 Å². The molecule has 0 aromatic carbocycles. The van der Waals surface area contributed by atoms with Gasteiger partial charge >= 0.3 is 0 Å². The molecule has 1 amide bonds. The summed E-state index contributed by atoms with van der Waals surface area (Å²) in [6.07, 6.45) is 1.06. The third kappa shape index (κ3) is 3.31. The van der Waals surface area contributed by atoms with E-state index in [1.54, 1.807) is 0 Å². The van der Waals surface area contributed by atoms with Gasteiger partial charge in [-0.05, 0) is 25.3 Å². The Labute approximate surface area is 99.6 Å². The lowest BCUT2D eigenvalue weighted by Crippen LogP contribution is -2.38. The number of rotatable bonds is 4. The zero-order valence-corrected chi connectivity index (χ0v) is 11.1. The number of hydrogen-bond acceptors (Lipinski definition) is 4. The quantitative estimate of drug-likeness (QED) is 0.890. The number of thiophene rings is 1. The van der Waals surface area contributed by atoms with Crippen LogP contribution in [0, 0.1) is 0 Å². The fourth-order valence-corrected chi connectivity index (χ4v) is 2.33. The molecule has 0 aliphatic heterocycles. The number of sulfone groups is 1. The second-order valence-electron chi connectivity index (χ2n) is 3.72. The summed E-state index contributed by atoms with van der Waals surface area (Å²) in [6, 6.07) is 3.64. The van der Waals surface area contributed by atoms with Crippen LogP contribution < -0.4 is 5.32 Å². The molecule has 90 valence electrons. The van der Waals surface area contributed by atoms with Crippen molar-refractivity contribution in [2.75, 3.05) is 6.26 Å². The van der Waals surface area contributed by atoms with Gasteiger partial charge in [-0.2, -0.15) is 0 Å². The first-order valence-corrected chi connectivity index (χ1v) is 7.68. The summed E-state index contributed by atoms with van der Waals surface area (Å²) in [7, 11) is -3.33. The topological polar surface area (TPSA) is 63.2 Å². The van der Waals surface area contributed by atoms with Crippen LogP contribution in [-0.4, -0.2) is 25.8 Å². The minimum Gasteiger partial charge on any atom is -0.348 e. The van der Waals surface area contributed by atoms with Gasteiger partial charge in [0.25, 0.3) is 0 Å². The highest BCUT2D eigenvalue weighted by Gasteiger charge is 2.24. The zero-order valence-electron chi connectivity index (χ0n) is 9.43. The van der Waals surface area contributed by atoms with Crippen LogP contribution in [0.4, 0.5) is 0 Å². The van der Waals surface area contributed by atoms with Crippen molar-refractivity contribution in [3.8, 4) is 0 Å². The summed E-state index contributed by atoms with van der Waals surface area (Å²) in [5.41, 5.74) is 0. The Hall–Kier alpha value is -0.880. The minimum atomic E-state index is -3.33. The number of nitrogens with one attached hydrogen (secondary N) is 1. The standard InChI is InChI=1S/C10H15NO3S2/c1-7(9-5-4-6-15-9)11-10(12)8(2)16(3,13)14/h4-8H,1-3H3,(H,11,12)/t7-,8-/m0/s1. The van der Waals surface area contributed by atoms with Crippen molar-refractivity contribution in [2.24, 2.45) is 0 Å². The SMILES string of the molecule is C[C@H](NC(=O)[C@H](C)S(C)(=O)=O)c1cccs1. The van der Waals surface area contributed by atoms with Gasteiger partial charge in [0.1, 0.15) is 5.25 Å². The van der Waals surface area contributed by atoms with Crippen molar-refractivity contribution in [1.29, 1.82) is 0 Å². The van der Waals surface area contributed by atoms with Crippen LogP contribution in [0.1, 0.15) is 24.8 Å². The average Bonchev–Trinajstić information content (AvgIpc) is 2.67. The molecule has 1 N–H and O–H groups in total. The van der Waals surface area contributed by atoms with Gasteiger partial charge in [0.2, 0.25) is 5.91 Å². The fourth-order valence-electron chi connectivity index (χ4n) is 1.13. The molecular weight excluding hydrogens is 246 g/mol. The molecule has 0 spiro atoms. The second kappa shape index (κ2) is 4.97. The zero-order chi connectivity index (χ0) is 12.3. The molecule has 0 radical (unpaired) electrons. The number of carbonyl (C=O) groups is 1.